The monoisotopic (exact) mass is 395 g/mol. The lowest BCUT2D eigenvalue weighted by atomic mass is 9.90. The molecule has 152 valence electrons. The molecule has 1 amide bonds. The molecule has 3 aromatic rings. The molecule has 0 atom stereocenters. The Balaban J connectivity index is 1.36. The molecule has 8 nitrogen and oxygen atoms in total. The quantitative estimate of drug-likeness (QED) is 0.685. The second-order valence-corrected chi connectivity index (χ2v) is 7.46. The van der Waals surface area contributed by atoms with Crippen LogP contribution in [0.4, 0.5) is 0 Å². The van der Waals surface area contributed by atoms with Crippen molar-refractivity contribution in [2.75, 3.05) is 19.6 Å². The Morgan fingerprint density at radius 1 is 1.31 bits per heavy atom. The van der Waals surface area contributed by atoms with Crippen molar-refractivity contribution in [1.29, 1.82) is 0 Å². The molecule has 1 fully saturated rings. The highest BCUT2D eigenvalue weighted by Crippen LogP contribution is 2.34. The first-order chi connectivity index (χ1) is 14.1. The lowest BCUT2D eigenvalue weighted by Gasteiger charge is -2.31. The molecule has 0 spiro atoms. The van der Waals surface area contributed by atoms with Gasteiger partial charge in [0.25, 0.3) is 0 Å². The maximum Gasteiger partial charge on any atom is 0.234 e. The molecule has 29 heavy (non-hydrogen) atoms. The van der Waals surface area contributed by atoms with Gasteiger partial charge in [-0.15, -0.1) is 0 Å². The Bertz CT molecular complexity index is 959. The van der Waals surface area contributed by atoms with Gasteiger partial charge in [0, 0.05) is 18.2 Å². The van der Waals surface area contributed by atoms with E-state index in [1.807, 2.05) is 38.2 Å². The first-order valence-corrected chi connectivity index (χ1v) is 9.87. The molecule has 1 N–H and O–H groups in total. The highest BCUT2D eigenvalue weighted by atomic mass is 16.5. The second-order valence-electron chi connectivity index (χ2n) is 7.46. The molecule has 1 aliphatic heterocycles. The molecular weight excluding hydrogens is 370 g/mol. The number of hydrogen-bond donors (Lipinski definition) is 1. The largest absolute Gasteiger partial charge is 0.467 e. The van der Waals surface area contributed by atoms with Gasteiger partial charge in [-0.1, -0.05) is 5.16 Å². The molecule has 0 saturated carbocycles. The molecule has 4 rings (SSSR count). The summed E-state index contributed by atoms with van der Waals surface area (Å²) in [5.74, 6) is 2.53. The average Bonchev–Trinajstić information content (AvgIpc) is 3.39. The van der Waals surface area contributed by atoms with Crippen LogP contribution in [-0.4, -0.2) is 45.6 Å². The third-order valence-electron chi connectivity index (χ3n) is 5.21. The van der Waals surface area contributed by atoms with Gasteiger partial charge in [0.15, 0.2) is 5.76 Å². The standard InChI is InChI=1S/C21H25N5O3/c1-14-10-19(29-25-14)18-12-22-15(2)24-21(18)16-5-7-26(8-6-16)13-20(27)23-11-17-4-3-9-28-17/h3-4,9-10,12,16H,5-8,11,13H2,1-2H3,(H,23,27). The van der Waals surface area contributed by atoms with E-state index < -0.39 is 0 Å². The Labute approximate surface area is 169 Å². The third-order valence-corrected chi connectivity index (χ3v) is 5.21. The fraction of sp³-hybridized carbons (Fsp3) is 0.429. The van der Waals surface area contributed by atoms with Crippen LogP contribution in [0.2, 0.25) is 0 Å². The molecule has 0 aliphatic carbocycles. The number of rotatable bonds is 6. The number of carbonyl (C=O) groups is 1. The van der Waals surface area contributed by atoms with E-state index in [0.717, 1.165) is 54.5 Å². The molecule has 1 saturated heterocycles. The minimum absolute atomic E-state index is 0.00977. The summed E-state index contributed by atoms with van der Waals surface area (Å²) < 4.78 is 10.7. The maximum absolute atomic E-state index is 12.2. The molecule has 4 heterocycles. The van der Waals surface area contributed by atoms with E-state index in [2.05, 4.69) is 20.4 Å². The van der Waals surface area contributed by atoms with E-state index in [1.165, 1.54) is 0 Å². The summed E-state index contributed by atoms with van der Waals surface area (Å²) in [7, 11) is 0. The minimum Gasteiger partial charge on any atom is -0.467 e. The number of nitrogens with zero attached hydrogens (tertiary/aromatic N) is 4. The normalized spacial score (nSPS) is 15.5. The van der Waals surface area contributed by atoms with Gasteiger partial charge >= 0.3 is 0 Å². The zero-order valence-corrected chi connectivity index (χ0v) is 16.7. The summed E-state index contributed by atoms with van der Waals surface area (Å²) in [5.41, 5.74) is 2.75. The van der Waals surface area contributed by atoms with Crippen molar-refractivity contribution in [3.05, 3.63) is 53.6 Å². The van der Waals surface area contributed by atoms with Crippen LogP contribution >= 0.6 is 0 Å². The lowest BCUT2D eigenvalue weighted by Crippen LogP contribution is -2.41. The van der Waals surface area contributed by atoms with Crippen LogP contribution in [0.15, 0.2) is 39.6 Å². The van der Waals surface area contributed by atoms with Gasteiger partial charge in [-0.2, -0.15) is 0 Å². The van der Waals surface area contributed by atoms with E-state index in [-0.39, 0.29) is 5.91 Å². The first-order valence-electron chi connectivity index (χ1n) is 9.87. The predicted molar refractivity (Wildman–Crippen MR) is 106 cm³/mol. The number of aromatic nitrogens is 3. The Kier molecular flexibility index (Phi) is 5.71. The van der Waals surface area contributed by atoms with Crippen molar-refractivity contribution >= 4 is 5.91 Å². The molecule has 3 aromatic heterocycles. The van der Waals surface area contributed by atoms with E-state index in [0.29, 0.717) is 24.8 Å². The minimum atomic E-state index is 0.00977. The SMILES string of the molecule is Cc1cc(-c2cnc(C)nc2C2CCN(CC(=O)NCc3ccco3)CC2)on1. The predicted octanol–water partition coefficient (Wildman–Crippen LogP) is 2.84. The molecule has 0 aromatic carbocycles. The first kappa shape index (κ1) is 19.3. The molecule has 0 bridgehead atoms. The molecule has 8 heteroatoms. The smallest absolute Gasteiger partial charge is 0.234 e. The molecular formula is C21H25N5O3. The van der Waals surface area contributed by atoms with Crippen molar-refractivity contribution in [1.82, 2.24) is 25.3 Å². The summed E-state index contributed by atoms with van der Waals surface area (Å²) in [6, 6.07) is 5.58. The van der Waals surface area contributed by atoms with Crippen LogP contribution in [0.25, 0.3) is 11.3 Å². The van der Waals surface area contributed by atoms with Crippen LogP contribution in [0.1, 0.15) is 41.7 Å². The van der Waals surface area contributed by atoms with E-state index in [9.17, 15) is 4.79 Å². The summed E-state index contributed by atoms with van der Waals surface area (Å²) >= 11 is 0. The summed E-state index contributed by atoms with van der Waals surface area (Å²) in [4.78, 5) is 23.5. The van der Waals surface area contributed by atoms with Crippen molar-refractivity contribution < 1.29 is 13.7 Å². The average molecular weight is 395 g/mol. The molecule has 0 radical (unpaired) electrons. The molecule has 1 aliphatic rings. The summed E-state index contributed by atoms with van der Waals surface area (Å²) in [6.45, 7) is 6.30. The number of nitrogens with one attached hydrogen (secondary N) is 1. The zero-order valence-electron chi connectivity index (χ0n) is 16.7. The van der Waals surface area contributed by atoms with E-state index in [1.54, 1.807) is 6.26 Å². The second kappa shape index (κ2) is 8.57. The Morgan fingerprint density at radius 3 is 2.83 bits per heavy atom. The van der Waals surface area contributed by atoms with Gasteiger partial charge in [-0.25, -0.2) is 9.97 Å². The van der Waals surface area contributed by atoms with Gasteiger partial charge in [-0.3, -0.25) is 9.69 Å². The van der Waals surface area contributed by atoms with Crippen LogP contribution in [0, 0.1) is 13.8 Å². The van der Waals surface area contributed by atoms with Crippen molar-refractivity contribution in [2.24, 2.45) is 0 Å². The number of carbonyl (C=O) groups excluding carboxylic acids is 1. The number of piperidine rings is 1. The van der Waals surface area contributed by atoms with E-state index >= 15 is 0 Å². The topological polar surface area (TPSA) is 97.3 Å². The molecule has 0 unspecified atom stereocenters. The van der Waals surface area contributed by atoms with Gasteiger partial charge in [-0.05, 0) is 51.9 Å². The van der Waals surface area contributed by atoms with Crippen LogP contribution in [0.3, 0.4) is 0 Å². The van der Waals surface area contributed by atoms with Crippen LogP contribution in [-0.2, 0) is 11.3 Å². The van der Waals surface area contributed by atoms with Gasteiger partial charge in [0.2, 0.25) is 5.91 Å². The number of likely N-dealkylation sites (tertiary alicyclic amines) is 1. The summed E-state index contributed by atoms with van der Waals surface area (Å²) in [5, 5.41) is 6.89. The number of furan rings is 1. The van der Waals surface area contributed by atoms with Crippen molar-refractivity contribution in [3.63, 3.8) is 0 Å². The number of hydrogen-bond acceptors (Lipinski definition) is 7. The van der Waals surface area contributed by atoms with Crippen molar-refractivity contribution in [3.8, 4) is 11.3 Å². The zero-order chi connectivity index (χ0) is 20.2. The third kappa shape index (κ3) is 4.71. The highest BCUT2D eigenvalue weighted by Gasteiger charge is 2.26. The van der Waals surface area contributed by atoms with E-state index in [4.69, 9.17) is 13.9 Å². The van der Waals surface area contributed by atoms with Crippen molar-refractivity contribution in [2.45, 2.75) is 39.2 Å². The van der Waals surface area contributed by atoms with Crippen LogP contribution in [0.5, 0.6) is 0 Å². The Morgan fingerprint density at radius 2 is 2.14 bits per heavy atom. The summed E-state index contributed by atoms with van der Waals surface area (Å²) in [6.07, 6.45) is 5.30. The van der Waals surface area contributed by atoms with Gasteiger partial charge < -0.3 is 14.3 Å². The number of amides is 1. The van der Waals surface area contributed by atoms with Gasteiger partial charge in [0.05, 0.1) is 36.3 Å². The van der Waals surface area contributed by atoms with Gasteiger partial charge in [0.1, 0.15) is 11.6 Å². The fourth-order valence-corrected chi connectivity index (χ4v) is 3.70. The maximum atomic E-state index is 12.2. The van der Waals surface area contributed by atoms with Crippen LogP contribution < -0.4 is 5.32 Å². The Hall–Kier alpha value is -3.00. The lowest BCUT2D eigenvalue weighted by molar-refractivity contribution is -0.122. The highest BCUT2D eigenvalue weighted by molar-refractivity contribution is 5.77. The number of aryl methyl sites for hydroxylation is 2. The fourth-order valence-electron chi connectivity index (χ4n) is 3.70.